The van der Waals surface area contributed by atoms with E-state index in [2.05, 4.69) is 0 Å². The summed E-state index contributed by atoms with van der Waals surface area (Å²) in [6.07, 6.45) is 1.75. The van der Waals surface area contributed by atoms with Crippen molar-refractivity contribution in [2.24, 2.45) is 0 Å². The van der Waals surface area contributed by atoms with Crippen molar-refractivity contribution in [3.63, 3.8) is 0 Å². The van der Waals surface area contributed by atoms with E-state index >= 15 is 0 Å². The third kappa shape index (κ3) is 4.55. The Bertz CT molecular complexity index is 1130. The van der Waals surface area contributed by atoms with E-state index in [1.165, 1.54) is 16.4 Å². The number of hydrogen-bond acceptors (Lipinski definition) is 6. The summed E-state index contributed by atoms with van der Waals surface area (Å²) in [5, 5.41) is 0. The molecule has 0 unspecified atom stereocenters. The Hall–Kier alpha value is -2.75. The molecule has 1 saturated heterocycles. The number of morpholine rings is 1. The summed E-state index contributed by atoms with van der Waals surface area (Å²) >= 11 is 0. The molecule has 2 aromatic rings. The summed E-state index contributed by atoms with van der Waals surface area (Å²) in [6, 6.07) is 12.1. The number of amides is 1. The van der Waals surface area contributed by atoms with Gasteiger partial charge in [0.15, 0.2) is 6.61 Å². The van der Waals surface area contributed by atoms with Crippen LogP contribution >= 0.6 is 0 Å². The van der Waals surface area contributed by atoms with Crippen molar-refractivity contribution in [3.05, 3.63) is 59.2 Å². The van der Waals surface area contributed by atoms with Crippen LogP contribution in [-0.4, -0.2) is 64.1 Å². The number of para-hydroxylation sites is 1. The normalized spacial score (nSPS) is 17.0. The zero-order chi connectivity index (χ0) is 22.7. The molecule has 1 amide bonds. The molecule has 0 bridgehead atoms. The zero-order valence-electron chi connectivity index (χ0n) is 18.0. The molecule has 2 aromatic carbocycles. The molecule has 0 aromatic heterocycles. The smallest absolute Gasteiger partial charge is 0.338 e. The second kappa shape index (κ2) is 9.40. The number of anilines is 1. The standard InChI is InChI=1S/C23H26N2O6S/c1-17-8-9-19(15-21(17)32(28,29)24-11-13-30-14-12-24)23(27)31-16-22(26)25-10-4-6-18-5-2-3-7-20(18)25/h2-3,5,7-9,15H,4,6,10-14,16H2,1H3. The SMILES string of the molecule is Cc1ccc(C(=O)OCC(=O)N2CCCc3ccccc32)cc1S(=O)(=O)N1CCOCC1. The first-order chi connectivity index (χ1) is 15.4. The summed E-state index contributed by atoms with van der Waals surface area (Å²) in [7, 11) is -3.76. The number of rotatable bonds is 5. The topological polar surface area (TPSA) is 93.2 Å². The average Bonchev–Trinajstić information content (AvgIpc) is 2.82. The Balaban J connectivity index is 1.46. The van der Waals surface area contributed by atoms with Crippen LogP contribution in [0.2, 0.25) is 0 Å². The Kier molecular flexibility index (Phi) is 6.59. The predicted molar refractivity (Wildman–Crippen MR) is 118 cm³/mol. The highest BCUT2D eigenvalue weighted by molar-refractivity contribution is 7.89. The number of benzene rings is 2. The van der Waals surface area contributed by atoms with Crippen LogP contribution in [0.4, 0.5) is 5.69 Å². The van der Waals surface area contributed by atoms with Gasteiger partial charge >= 0.3 is 5.97 Å². The molecule has 0 N–H and O–H groups in total. The molecule has 32 heavy (non-hydrogen) atoms. The number of carbonyl (C=O) groups excluding carboxylic acids is 2. The second-order valence-corrected chi connectivity index (χ2v) is 9.76. The maximum atomic E-state index is 13.0. The Morgan fingerprint density at radius 1 is 1.06 bits per heavy atom. The van der Waals surface area contributed by atoms with Crippen molar-refractivity contribution >= 4 is 27.6 Å². The Morgan fingerprint density at radius 3 is 2.59 bits per heavy atom. The number of sulfonamides is 1. The fraction of sp³-hybridized carbons (Fsp3) is 0.391. The molecule has 170 valence electrons. The van der Waals surface area contributed by atoms with Crippen LogP contribution in [0, 0.1) is 6.92 Å². The minimum absolute atomic E-state index is 0.0603. The molecule has 0 aliphatic carbocycles. The van der Waals surface area contributed by atoms with E-state index in [9.17, 15) is 18.0 Å². The summed E-state index contributed by atoms with van der Waals surface area (Å²) in [5.41, 5.74) is 2.56. The van der Waals surface area contributed by atoms with Crippen LogP contribution in [0.5, 0.6) is 0 Å². The summed E-state index contributed by atoms with van der Waals surface area (Å²) in [4.78, 5) is 27.0. The quantitative estimate of drug-likeness (QED) is 0.638. The third-order valence-electron chi connectivity index (χ3n) is 5.75. The molecule has 2 heterocycles. The number of carbonyl (C=O) groups is 2. The molecule has 0 atom stereocenters. The number of hydrogen-bond donors (Lipinski definition) is 0. The predicted octanol–water partition coefficient (Wildman–Crippen LogP) is 2.15. The number of esters is 1. The third-order valence-corrected chi connectivity index (χ3v) is 7.79. The van der Waals surface area contributed by atoms with Gasteiger partial charge in [0.2, 0.25) is 10.0 Å². The van der Waals surface area contributed by atoms with Gasteiger partial charge in [0.05, 0.1) is 23.7 Å². The molecule has 2 aliphatic heterocycles. The lowest BCUT2D eigenvalue weighted by Gasteiger charge is -2.29. The van der Waals surface area contributed by atoms with E-state index in [0.29, 0.717) is 25.3 Å². The molecule has 9 heteroatoms. The first-order valence-electron chi connectivity index (χ1n) is 10.6. The van der Waals surface area contributed by atoms with Crippen molar-refractivity contribution in [3.8, 4) is 0 Å². The molecule has 4 rings (SSSR count). The lowest BCUT2D eigenvalue weighted by atomic mass is 10.0. The van der Waals surface area contributed by atoms with Gasteiger partial charge in [0.25, 0.3) is 5.91 Å². The van der Waals surface area contributed by atoms with Crippen molar-refractivity contribution < 1.29 is 27.5 Å². The monoisotopic (exact) mass is 458 g/mol. The van der Waals surface area contributed by atoms with Crippen LogP contribution < -0.4 is 4.90 Å². The maximum absolute atomic E-state index is 13.0. The number of fused-ring (bicyclic) bond motifs is 1. The molecule has 0 spiro atoms. The van der Waals surface area contributed by atoms with Gasteiger partial charge in [-0.05, 0) is 49.1 Å². The van der Waals surface area contributed by atoms with Gasteiger partial charge in [0, 0.05) is 25.3 Å². The van der Waals surface area contributed by atoms with Crippen molar-refractivity contribution in [2.75, 3.05) is 44.4 Å². The van der Waals surface area contributed by atoms with Crippen LogP contribution in [0.3, 0.4) is 0 Å². The van der Waals surface area contributed by atoms with Crippen molar-refractivity contribution in [1.29, 1.82) is 0 Å². The molecule has 2 aliphatic rings. The molecule has 8 nitrogen and oxygen atoms in total. The van der Waals surface area contributed by atoms with Gasteiger partial charge in [-0.25, -0.2) is 13.2 Å². The first-order valence-corrected chi connectivity index (χ1v) is 12.1. The summed E-state index contributed by atoms with van der Waals surface area (Å²) in [5.74, 6) is -1.04. The van der Waals surface area contributed by atoms with Gasteiger partial charge in [-0.1, -0.05) is 24.3 Å². The molecule has 0 saturated carbocycles. The van der Waals surface area contributed by atoms with Gasteiger partial charge in [-0.3, -0.25) is 4.79 Å². The van der Waals surface area contributed by atoms with Crippen LogP contribution in [0.25, 0.3) is 0 Å². The Labute approximate surface area is 187 Å². The summed E-state index contributed by atoms with van der Waals surface area (Å²) in [6.45, 7) is 3.04. The largest absolute Gasteiger partial charge is 0.452 e. The fourth-order valence-electron chi connectivity index (χ4n) is 4.01. The average molecular weight is 459 g/mol. The van der Waals surface area contributed by atoms with E-state index < -0.39 is 22.6 Å². The minimum atomic E-state index is -3.76. The molecular formula is C23H26N2O6S. The second-order valence-electron chi connectivity index (χ2n) is 7.85. The number of nitrogens with zero attached hydrogens (tertiary/aromatic N) is 2. The van der Waals surface area contributed by atoms with Gasteiger partial charge in [-0.2, -0.15) is 4.31 Å². The lowest BCUT2D eigenvalue weighted by molar-refractivity contribution is -0.121. The van der Waals surface area contributed by atoms with Crippen LogP contribution in [0.1, 0.15) is 27.9 Å². The van der Waals surface area contributed by atoms with Crippen molar-refractivity contribution in [2.45, 2.75) is 24.7 Å². The number of aryl methyl sites for hydroxylation is 2. The van der Waals surface area contributed by atoms with Gasteiger partial charge in [0.1, 0.15) is 0 Å². The van der Waals surface area contributed by atoms with E-state index in [1.54, 1.807) is 17.9 Å². The van der Waals surface area contributed by atoms with Crippen LogP contribution in [0.15, 0.2) is 47.4 Å². The van der Waals surface area contributed by atoms with Crippen molar-refractivity contribution in [1.82, 2.24) is 4.31 Å². The van der Waals surface area contributed by atoms with Gasteiger partial charge < -0.3 is 14.4 Å². The zero-order valence-corrected chi connectivity index (χ0v) is 18.8. The minimum Gasteiger partial charge on any atom is -0.452 e. The molecule has 0 radical (unpaired) electrons. The Morgan fingerprint density at radius 2 is 1.81 bits per heavy atom. The lowest BCUT2D eigenvalue weighted by Crippen LogP contribution is -2.40. The highest BCUT2D eigenvalue weighted by Gasteiger charge is 2.29. The van der Waals surface area contributed by atoms with E-state index in [1.807, 2.05) is 24.3 Å². The summed E-state index contributed by atoms with van der Waals surface area (Å²) < 4.78 is 37.9. The van der Waals surface area contributed by atoms with Gasteiger partial charge in [-0.15, -0.1) is 0 Å². The highest BCUT2D eigenvalue weighted by atomic mass is 32.2. The maximum Gasteiger partial charge on any atom is 0.338 e. The van der Waals surface area contributed by atoms with E-state index in [-0.39, 0.29) is 29.5 Å². The molecule has 1 fully saturated rings. The van der Waals surface area contributed by atoms with Crippen LogP contribution in [-0.2, 0) is 30.7 Å². The number of ether oxygens (including phenoxy) is 2. The molecular weight excluding hydrogens is 432 g/mol. The highest BCUT2D eigenvalue weighted by Crippen LogP contribution is 2.27. The van der Waals surface area contributed by atoms with E-state index in [4.69, 9.17) is 9.47 Å². The first kappa shape index (κ1) is 22.4. The van der Waals surface area contributed by atoms with E-state index in [0.717, 1.165) is 24.1 Å². The fourth-order valence-corrected chi connectivity index (χ4v) is 5.67.